The molecule has 21 heavy (non-hydrogen) atoms. The number of aryl methyl sites for hydroxylation is 1. The Morgan fingerprint density at radius 3 is 2.57 bits per heavy atom. The summed E-state index contributed by atoms with van der Waals surface area (Å²) in [6.07, 6.45) is 5.19. The average Bonchev–Trinajstić information content (AvgIpc) is 2.53. The van der Waals surface area contributed by atoms with Gasteiger partial charge in [0.2, 0.25) is 0 Å². The van der Waals surface area contributed by atoms with Gasteiger partial charge < -0.3 is 0 Å². The second-order valence-corrected chi connectivity index (χ2v) is 6.99. The maximum atomic E-state index is 3.68. The minimum Gasteiger partial charge on any atom is -0.0648 e. The van der Waals surface area contributed by atoms with Crippen molar-refractivity contribution in [2.75, 3.05) is 0 Å². The van der Waals surface area contributed by atoms with Gasteiger partial charge in [0, 0.05) is 4.47 Å². The van der Waals surface area contributed by atoms with Gasteiger partial charge in [0.15, 0.2) is 0 Å². The van der Waals surface area contributed by atoms with E-state index in [1.807, 2.05) is 0 Å². The summed E-state index contributed by atoms with van der Waals surface area (Å²) >= 11 is 3.68. The number of benzene rings is 3. The van der Waals surface area contributed by atoms with Crippen LogP contribution >= 0.6 is 15.9 Å². The molecule has 0 spiro atoms. The fourth-order valence-corrected chi connectivity index (χ4v) is 4.49. The van der Waals surface area contributed by atoms with Crippen molar-refractivity contribution in [2.24, 2.45) is 0 Å². The Kier molecular flexibility index (Phi) is 3.26. The molecule has 3 aromatic carbocycles. The zero-order chi connectivity index (χ0) is 14.4. The number of halogens is 1. The Morgan fingerprint density at radius 2 is 1.71 bits per heavy atom. The zero-order valence-electron chi connectivity index (χ0n) is 12.3. The fourth-order valence-electron chi connectivity index (χ4n) is 4.00. The number of fused-ring (bicyclic) bond motifs is 5. The van der Waals surface area contributed by atoms with E-state index in [1.165, 1.54) is 51.7 Å². The second kappa shape index (κ2) is 5.14. The van der Waals surface area contributed by atoms with E-state index >= 15 is 0 Å². The molecular weight excluding hydrogens is 320 g/mol. The Morgan fingerprint density at radius 1 is 0.952 bits per heavy atom. The van der Waals surface area contributed by atoms with E-state index in [-0.39, 0.29) is 0 Å². The topological polar surface area (TPSA) is 0 Å². The van der Waals surface area contributed by atoms with Crippen molar-refractivity contribution >= 4 is 37.5 Å². The highest BCUT2D eigenvalue weighted by molar-refractivity contribution is 9.10. The van der Waals surface area contributed by atoms with Crippen LogP contribution in [0.3, 0.4) is 0 Å². The minimum atomic E-state index is 0.738. The molecule has 0 aliphatic heterocycles. The molecule has 0 aromatic heterocycles. The predicted molar refractivity (Wildman–Crippen MR) is 95.1 cm³/mol. The summed E-state index contributed by atoms with van der Waals surface area (Å²) in [7, 11) is 0. The quantitative estimate of drug-likeness (QED) is 0.439. The van der Waals surface area contributed by atoms with Gasteiger partial charge in [-0.1, -0.05) is 59.3 Å². The Labute approximate surface area is 134 Å². The van der Waals surface area contributed by atoms with E-state index in [0.717, 1.165) is 5.92 Å². The zero-order valence-corrected chi connectivity index (χ0v) is 13.9. The smallest absolute Gasteiger partial charge is 0.0253 e. The van der Waals surface area contributed by atoms with Gasteiger partial charge in [-0.2, -0.15) is 0 Å². The van der Waals surface area contributed by atoms with Crippen molar-refractivity contribution in [1.82, 2.24) is 0 Å². The highest BCUT2D eigenvalue weighted by Gasteiger charge is 2.21. The molecule has 1 aliphatic rings. The third-order valence-electron chi connectivity index (χ3n) is 5.04. The Balaban J connectivity index is 2.11. The molecule has 1 aliphatic carbocycles. The predicted octanol–water partition coefficient (Wildman–Crippen LogP) is 6.59. The molecule has 0 fully saturated rings. The summed E-state index contributed by atoms with van der Waals surface area (Å²) in [4.78, 5) is 0. The first-order valence-corrected chi connectivity index (χ1v) is 8.71. The van der Waals surface area contributed by atoms with Gasteiger partial charge >= 0.3 is 0 Å². The maximum absolute atomic E-state index is 3.68. The van der Waals surface area contributed by atoms with Crippen LogP contribution in [0.5, 0.6) is 0 Å². The molecule has 0 saturated heterocycles. The van der Waals surface area contributed by atoms with Crippen LogP contribution < -0.4 is 0 Å². The summed E-state index contributed by atoms with van der Waals surface area (Å²) in [5, 5.41) is 5.57. The Hall–Kier alpha value is -1.34. The minimum absolute atomic E-state index is 0.738. The normalized spacial score (nSPS) is 18.1. The van der Waals surface area contributed by atoms with Gasteiger partial charge in [-0.05, 0) is 70.3 Å². The summed E-state index contributed by atoms with van der Waals surface area (Å²) in [6, 6.07) is 15.8. The van der Waals surface area contributed by atoms with Crippen LogP contribution in [-0.2, 0) is 6.42 Å². The van der Waals surface area contributed by atoms with Crippen LogP contribution in [0, 0.1) is 0 Å². The summed E-state index contributed by atoms with van der Waals surface area (Å²) < 4.78 is 1.19. The third-order valence-corrected chi connectivity index (χ3v) is 5.73. The van der Waals surface area contributed by atoms with Crippen LogP contribution in [0.1, 0.15) is 43.2 Å². The monoisotopic (exact) mass is 338 g/mol. The molecule has 0 nitrogen and oxygen atoms in total. The Bertz CT molecular complexity index is 832. The lowest BCUT2D eigenvalue weighted by atomic mass is 9.78. The van der Waals surface area contributed by atoms with Gasteiger partial charge in [-0.3, -0.25) is 0 Å². The number of hydrogen-bond donors (Lipinski definition) is 0. The van der Waals surface area contributed by atoms with E-state index in [2.05, 4.69) is 65.3 Å². The van der Waals surface area contributed by atoms with Gasteiger partial charge in [0.25, 0.3) is 0 Å². The van der Waals surface area contributed by atoms with Crippen LogP contribution in [-0.4, -0.2) is 0 Å². The number of hydrogen-bond acceptors (Lipinski definition) is 0. The molecule has 0 bridgehead atoms. The van der Waals surface area contributed by atoms with E-state index in [9.17, 15) is 0 Å². The molecule has 1 atom stereocenters. The van der Waals surface area contributed by atoms with Gasteiger partial charge in [-0.15, -0.1) is 0 Å². The number of rotatable bonds is 1. The molecule has 0 unspecified atom stereocenters. The van der Waals surface area contributed by atoms with Gasteiger partial charge in [-0.25, -0.2) is 0 Å². The van der Waals surface area contributed by atoms with Crippen LogP contribution in [0.2, 0.25) is 0 Å². The lowest BCUT2D eigenvalue weighted by molar-refractivity contribution is 0.544. The van der Waals surface area contributed by atoms with E-state index < -0.39 is 0 Å². The molecule has 0 heterocycles. The lowest BCUT2D eigenvalue weighted by Gasteiger charge is -2.26. The molecule has 0 radical (unpaired) electrons. The first-order valence-electron chi connectivity index (χ1n) is 7.92. The van der Waals surface area contributed by atoms with Gasteiger partial charge in [0.05, 0.1) is 0 Å². The highest BCUT2D eigenvalue weighted by Crippen LogP contribution is 2.41. The van der Waals surface area contributed by atoms with Crippen LogP contribution in [0.25, 0.3) is 21.5 Å². The maximum Gasteiger partial charge on any atom is 0.0253 e. The van der Waals surface area contributed by atoms with Crippen molar-refractivity contribution in [3.8, 4) is 0 Å². The highest BCUT2D eigenvalue weighted by atomic mass is 79.9. The lowest BCUT2D eigenvalue weighted by Crippen LogP contribution is -2.09. The van der Waals surface area contributed by atoms with Crippen molar-refractivity contribution in [1.29, 1.82) is 0 Å². The SMILES string of the molecule is CC[C@@H]1CCCc2ccc3c(ccc4c(Br)cccc43)c21. The summed E-state index contributed by atoms with van der Waals surface area (Å²) in [5.41, 5.74) is 3.21. The first-order chi connectivity index (χ1) is 10.3. The van der Waals surface area contributed by atoms with E-state index in [0.29, 0.717) is 0 Å². The fraction of sp³-hybridized carbons (Fsp3) is 0.300. The third kappa shape index (κ3) is 2.02. The second-order valence-electron chi connectivity index (χ2n) is 6.13. The molecule has 106 valence electrons. The molecule has 4 rings (SSSR count). The first kappa shape index (κ1) is 13.3. The largest absolute Gasteiger partial charge is 0.0648 e. The molecular formula is C20H19Br. The van der Waals surface area contributed by atoms with Crippen molar-refractivity contribution < 1.29 is 0 Å². The standard InChI is InChI=1S/C20H19Br/c1-2-13-5-3-6-14-9-10-16-15-7-4-8-19(21)17(15)11-12-18(16)20(13)14/h4,7-13H,2-3,5-6H2,1H3/t13-/m1/s1. The van der Waals surface area contributed by atoms with Crippen molar-refractivity contribution in [3.63, 3.8) is 0 Å². The summed E-state index contributed by atoms with van der Waals surface area (Å²) in [6.45, 7) is 2.33. The van der Waals surface area contributed by atoms with E-state index in [1.54, 1.807) is 11.1 Å². The summed E-state index contributed by atoms with van der Waals surface area (Å²) in [5.74, 6) is 0.738. The van der Waals surface area contributed by atoms with Crippen molar-refractivity contribution in [2.45, 2.75) is 38.5 Å². The van der Waals surface area contributed by atoms with Crippen LogP contribution in [0.4, 0.5) is 0 Å². The van der Waals surface area contributed by atoms with Gasteiger partial charge in [0.1, 0.15) is 0 Å². The molecule has 0 N–H and O–H groups in total. The molecule has 1 heteroatoms. The molecule has 3 aromatic rings. The van der Waals surface area contributed by atoms with Crippen molar-refractivity contribution in [3.05, 3.63) is 58.1 Å². The average molecular weight is 339 g/mol. The molecule has 0 saturated carbocycles. The van der Waals surface area contributed by atoms with E-state index in [4.69, 9.17) is 0 Å². The molecule has 0 amide bonds. The van der Waals surface area contributed by atoms with Crippen LogP contribution in [0.15, 0.2) is 46.9 Å².